The molecule has 0 saturated carbocycles. The quantitative estimate of drug-likeness (QED) is 0.209. The second-order valence-electron chi connectivity index (χ2n) is 8.76. The zero-order valence-corrected chi connectivity index (χ0v) is 21.8. The second kappa shape index (κ2) is 14.2. The minimum atomic E-state index is -1.22. The molecule has 1 saturated heterocycles. The molecule has 4 N–H and O–H groups in total. The largest absolute Gasteiger partial charge is 0.457 e. The topological polar surface area (TPSA) is 147 Å². The van der Waals surface area contributed by atoms with Gasteiger partial charge in [0.1, 0.15) is 18.2 Å². The summed E-state index contributed by atoms with van der Waals surface area (Å²) in [5.74, 6) is -1.92. The van der Waals surface area contributed by atoms with Gasteiger partial charge in [0.25, 0.3) is 0 Å². The van der Waals surface area contributed by atoms with Gasteiger partial charge in [-0.15, -0.1) is 11.3 Å². The zero-order chi connectivity index (χ0) is 26.0. The molecular weight excluding hydrogens is 492 g/mol. The van der Waals surface area contributed by atoms with Gasteiger partial charge >= 0.3 is 5.97 Å². The summed E-state index contributed by atoms with van der Waals surface area (Å²) >= 11 is 5.51. The van der Waals surface area contributed by atoms with E-state index in [-0.39, 0.29) is 25.2 Å². The molecule has 0 bridgehead atoms. The summed E-state index contributed by atoms with van der Waals surface area (Å²) in [7, 11) is 0. The normalized spacial score (nSPS) is 27.5. The van der Waals surface area contributed by atoms with Crippen molar-refractivity contribution in [2.24, 2.45) is 5.92 Å². The number of esters is 1. The number of nitrogens with one attached hydrogen (secondary N) is 3. The fourth-order valence-corrected chi connectivity index (χ4v) is 4.28. The monoisotopic (exact) mass is 526 g/mol. The molecule has 0 unspecified atom stereocenters. The molecule has 0 spiro atoms. The maximum atomic E-state index is 13.0. The Labute approximate surface area is 214 Å². The fraction of sp³-hybridized carbons (Fsp3) is 0.609. The third-order valence-electron chi connectivity index (χ3n) is 5.43. The van der Waals surface area contributed by atoms with E-state index in [4.69, 9.17) is 4.74 Å². The zero-order valence-electron chi connectivity index (χ0n) is 20.1. The lowest BCUT2D eigenvalue weighted by molar-refractivity contribution is -0.151. The van der Waals surface area contributed by atoms with Gasteiger partial charge in [-0.1, -0.05) is 19.9 Å². The van der Waals surface area contributed by atoms with Crippen LogP contribution in [0.1, 0.15) is 45.7 Å². The fourth-order valence-electron chi connectivity index (χ4n) is 3.55. The molecule has 0 aliphatic carbocycles. The number of rotatable bonds is 6. The van der Waals surface area contributed by atoms with Gasteiger partial charge in [0, 0.05) is 11.8 Å². The SMILES string of the molecule is CC(C)[C@H]1NC(=O)[C@@H](C)NC(=O)[C@@H](Cc2cscn2)NC(=O)C[C@@H](/C=C/CCS)OC(=O)C[C@@H]1O. The maximum Gasteiger partial charge on any atom is 0.309 e. The molecule has 1 aromatic heterocycles. The average Bonchev–Trinajstić information content (AvgIpc) is 3.28. The molecule has 1 aliphatic heterocycles. The molecular formula is C23H34N4O6S2. The number of hydrogen-bond donors (Lipinski definition) is 5. The molecule has 12 heteroatoms. The van der Waals surface area contributed by atoms with E-state index in [9.17, 15) is 24.3 Å². The Hall–Kier alpha value is -2.44. The highest BCUT2D eigenvalue weighted by Gasteiger charge is 2.32. The minimum Gasteiger partial charge on any atom is -0.457 e. The van der Waals surface area contributed by atoms with Gasteiger partial charge in [-0.2, -0.15) is 12.6 Å². The van der Waals surface area contributed by atoms with Gasteiger partial charge in [0.2, 0.25) is 17.7 Å². The third kappa shape index (κ3) is 9.61. The van der Waals surface area contributed by atoms with Crippen molar-refractivity contribution in [2.75, 3.05) is 5.75 Å². The van der Waals surface area contributed by atoms with Crippen molar-refractivity contribution in [3.63, 3.8) is 0 Å². The Balaban J connectivity index is 2.33. The van der Waals surface area contributed by atoms with Crippen LogP contribution in [0.3, 0.4) is 0 Å². The molecule has 10 nitrogen and oxygen atoms in total. The Morgan fingerprint density at radius 3 is 2.57 bits per heavy atom. The molecule has 0 radical (unpaired) electrons. The van der Waals surface area contributed by atoms with E-state index in [2.05, 4.69) is 33.6 Å². The molecule has 5 atom stereocenters. The van der Waals surface area contributed by atoms with Crippen LogP contribution in [0.15, 0.2) is 23.0 Å². The van der Waals surface area contributed by atoms with E-state index in [1.807, 2.05) is 0 Å². The summed E-state index contributed by atoms with van der Waals surface area (Å²) in [6, 6.07) is -2.68. The number of hydrogen-bond acceptors (Lipinski definition) is 9. The number of cyclic esters (lactones) is 1. The second-order valence-corrected chi connectivity index (χ2v) is 9.92. The molecule has 35 heavy (non-hydrogen) atoms. The van der Waals surface area contributed by atoms with Crippen molar-refractivity contribution in [1.29, 1.82) is 0 Å². The molecule has 194 valence electrons. The number of allylic oxidation sites excluding steroid dienone is 1. The number of thiol groups is 1. The van der Waals surface area contributed by atoms with Crippen molar-refractivity contribution in [2.45, 2.75) is 76.8 Å². The smallest absolute Gasteiger partial charge is 0.309 e. The number of amides is 3. The maximum absolute atomic E-state index is 13.0. The highest BCUT2D eigenvalue weighted by molar-refractivity contribution is 7.80. The van der Waals surface area contributed by atoms with Crippen molar-refractivity contribution < 1.29 is 29.0 Å². The minimum absolute atomic E-state index is 0.128. The van der Waals surface area contributed by atoms with E-state index < -0.39 is 54.0 Å². The van der Waals surface area contributed by atoms with Crippen LogP contribution in [0.5, 0.6) is 0 Å². The average molecular weight is 527 g/mol. The first-order valence-corrected chi connectivity index (χ1v) is 13.1. The Morgan fingerprint density at radius 2 is 1.94 bits per heavy atom. The Morgan fingerprint density at radius 1 is 1.20 bits per heavy atom. The molecule has 1 aromatic rings. The lowest BCUT2D eigenvalue weighted by atomic mass is 9.96. The van der Waals surface area contributed by atoms with Gasteiger partial charge in [-0.25, -0.2) is 4.98 Å². The number of carbonyl (C=O) groups is 4. The number of ether oxygens (including phenoxy) is 1. The summed E-state index contributed by atoms with van der Waals surface area (Å²) < 4.78 is 5.46. The number of thiazole rings is 1. The van der Waals surface area contributed by atoms with Gasteiger partial charge < -0.3 is 25.8 Å². The van der Waals surface area contributed by atoms with Crippen LogP contribution in [0.2, 0.25) is 0 Å². The molecule has 0 aromatic carbocycles. The highest BCUT2D eigenvalue weighted by Crippen LogP contribution is 2.14. The number of aliphatic hydroxyl groups excluding tert-OH is 1. The van der Waals surface area contributed by atoms with E-state index in [1.165, 1.54) is 18.3 Å². The van der Waals surface area contributed by atoms with Crippen LogP contribution in [0.4, 0.5) is 0 Å². The molecule has 2 rings (SSSR count). The number of aliphatic hydroxyl groups is 1. The summed E-state index contributed by atoms with van der Waals surface area (Å²) in [5, 5.41) is 20.4. The Kier molecular flexibility index (Phi) is 11.7. The van der Waals surface area contributed by atoms with Crippen LogP contribution in [0.25, 0.3) is 0 Å². The molecule has 1 aliphatic rings. The Bertz CT molecular complexity index is 893. The number of aromatic nitrogens is 1. The van der Waals surface area contributed by atoms with Crippen molar-refractivity contribution in [3.05, 3.63) is 28.7 Å². The number of carbonyl (C=O) groups excluding carboxylic acids is 4. The van der Waals surface area contributed by atoms with E-state index >= 15 is 0 Å². The van der Waals surface area contributed by atoms with Crippen LogP contribution in [-0.4, -0.2) is 69.9 Å². The van der Waals surface area contributed by atoms with Gasteiger partial charge in [0.15, 0.2) is 0 Å². The van der Waals surface area contributed by atoms with Crippen LogP contribution < -0.4 is 16.0 Å². The predicted molar refractivity (Wildman–Crippen MR) is 135 cm³/mol. The van der Waals surface area contributed by atoms with Crippen molar-refractivity contribution in [1.82, 2.24) is 20.9 Å². The molecule has 3 amide bonds. The van der Waals surface area contributed by atoms with E-state index in [0.29, 0.717) is 17.9 Å². The highest BCUT2D eigenvalue weighted by atomic mass is 32.1. The first-order chi connectivity index (χ1) is 16.6. The molecule has 1 fully saturated rings. The van der Waals surface area contributed by atoms with Crippen LogP contribution >= 0.6 is 24.0 Å². The van der Waals surface area contributed by atoms with E-state index in [1.54, 1.807) is 36.9 Å². The van der Waals surface area contributed by atoms with Gasteiger partial charge in [-0.05, 0) is 31.1 Å². The standard InChI is InChI=1S/C23H34N4O6S2/c1-13(2)21-18(28)10-20(30)33-16(6-4-5-7-34)9-19(29)26-17(8-15-11-35-12-24-15)23(32)25-14(3)22(31)27-21/h4,6,11-14,16-18,21,28,34H,5,7-10H2,1-3H3,(H,25,32)(H,26,29)(H,27,31)/b6-4+/t14-,16-,17-,18+,21-/m1/s1. The summed E-state index contributed by atoms with van der Waals surface area (Å²) in [5.41, 5.74) is 2.24. The third-order valence-corrected chi connectivity index (χ3v) is 6.33. The van der Waals surface area contributed by atoms with Crippen LogP contribution in [0, 0.1) is 5.92 Å². The van der Waals surface area contributed by atoms with Gasteiger partial charge in [-0.3, -0.25) is 19.2 Å². The van der Waals surface area contributed by atoms with Gasteiger partial charge in [0.05, 0.1) is 36.2 Å². The first kappa shape index (κ1) is 28.8. The molecule has 2 heterocycles. The van der Waals surface area contributed by atoms with Crippen LogP contribution in [-0.2, 0) is 30.3 Å². The summed E-state index contributed by atoms with van der Waals surface area (Å²) in [4.78, 5) is 55.4. The van der Waals surface area contributed by atoms with E-state index in [0.717, 1.165) is 0 Å². The lowest BCUT2D eigenvalue weighted by Crippen LogP contribution is -2.56. The lowest BCUT2D eigenvalue weighted by Gasteiger charge is -2.28. The van der Waals surface area contributed by atoms with Crippen molar-refractivity contribution in [3.8, 4) is 0 Å². The summed E-state index contributed by atoms with van der Waals surface area (Å²) in [6.45, 7) is 5.10. The summed E-state index contributed by atoms with van der Waals surface area (Å²) in [6.07, 6.45) is 1.39. The number of nitrogens with zero attached hydrogens (tertiary/aromatic N) is 1. The predicted octanol–water partition coefficient (Wildman–Crippen LogP) is 0.759. The first-order valence-electron chi connectivity index (χ1n) is 11.5. The van der Waals surface area contributed by atoms with Crippen molar-refractivity contribution >= 4 is 47.7 Å².